The van der Waals surface area contributed by atoms with Crippen LogP contribution in [0.15, 0.2) is 18.2 Å². The fraction of sp³-hybridized carbons (Fsp3) is 0.500. The molecule has 1 aromatic carbocycles. The Morgan fingerprint density at radius 1 is 0.900 bits per heavy atom. The molecule has 0 saturated carbocycles. The van der Waals surface area contributed by atoms with Crippen molar-refractivity contribution in [3.8, 4) is 0 Å². The molecule has 2 aromatic rings. The van der Waals surface area contributed by atoms with Crippen LogP contribution in [0.25, 0.3) is 10.9 Å². The Kier molecular flexibility index (Phi) is 3.40. The first-order valence-electron chi connectivity index (χ1n) is 7.12. The number of hydrogen-bond donors (Lipinski definition) is 0. The van der Waals surface area contributed by atoms with Crippen LogP contribution in [0.5, 0.6) is 0 Å². The summed E-state index contributed by atoms with van der Waals surface area (Å²) in [5, 5.41) is 0.933. The van der Waals surface area contributed by atoms with Crippen LogP contribution in [0.3, 0.4) is 0 Å². The Morgan fingerprint density at radius 3 is 2.00 bits per heavy atom. The second-order valence-corrected chi connectivity index (χ2v) is 7.70. The van der Waals surface area contributed by atoms with Gasteiger partial charge in [-0.1, -0.05) is 41.5 Å². The number of fused-ring (bicyclic) bond motifs is 1. The first-order valence-corrected chi connectivity index (χ1v) is 7.12. The minimum Gasteiger partial charge on any atom is -0.249 e. The monoisotopic (exact) mass is 273 g/mol. The molecule has 0 amide bonds. The SMILES string of the molecule is Cc1cc(F)c2nc(C(C)(C)C)cc(C(C)(C)C)c2c1. The molecule has 0 aliphatic rings. The van der Waals surface area contributed by atoms with Gasteiger partial charge in [0.05, 0.1) is 0 Å². The number of aryl methyl sites for hydroxylation is 1. The van der Waals surface area contributed by atoms with Crippen molar-refractivity contribution in [2.75, 3.05) is 0 Å². The van der Waals surface area contributed by atoms with Crippen molar-refractivity contribution in [1.29, 1.82) is 0 Å². The van der Waals surface area contributed by atoms with E-state index in [2.05, 4.69) is 52.6 Å². The minimum atomic E-state index is -0.225. The molecule has 1 nitrogen and oxygen atoms in total. The molecule has 1 heterocycles. The van der Waals surface area contributed by atoms with E-state index >= 15 is 0 Å². The molecule has 0 bridgehead atoms. The fourth-order valence-electron chi connectivity index (χ4n) is 2.43. The number of aromatic nitrogens is 1. The number of halogens is 1. The molecule has 1 aromatic heterocycles. The van der Waals surface area contributed by atoms with Crippen molar-refractivity contribution >= 4 is 10.9 Å². The number of nitrogens with zero attached hydrogens (tertiary/aromatic N) is 1. The van der Waals surface area contributed by atoms with Gasteiger partial charge < -0.3 is 0 Å². The summed E-state index contributed by atoms with van der Waals surface area (Å²) in [6.07, 6.45) is 0. The van der Waals surface area contributed by atoms with Crippen LogP contribution in [-0.4, -0.2) is 4.98 Å². The van der Waals surface area contributed by atoms with Crippen molar-refractivity contribution in [3.05, 3.63) is 40.8 Å². The van der Waals surface area contributed by atoms with E-state index in [9.17, 15) is 4.39 Å². The second-order valence-electron chi connectivity index (χ2n) is 7.70. The van der Waals surface area contributed by atoms with Gasteiger partial charge in [-0.25, -0.2) is 9.37 Å². The first-order chi connectivity index (χ1) is 9.00. The van der Waals surface area contributed by atoms with E-state index in [0.29, 0.717) is 5.52 Å². The summed E-state index contributed by atoms with van der Waals surface area (Å²) in [6.45, 7) is 14.7. The Labute approximate surface area is 121 Å². The van der Waals surface area contributed by atoms with Gasteiger partial charge in [-0.3, -0.25) is 0 Å². The van der Waals surface area contributed by atoms with Crippen LogP contribution >= 0.6 is 0 Å². The molecular weight excluding hydrogens is 249 g/mol. The van der Waals surface area contributed by atoms with Gasteiger partial charge in [0.25, 0.3) is 0 Å². The van der Waals surface area contributed by atoms with Gasteiger partial charge in [0.1, 0.15) is 11.3 Å². The third-order valence-electron chi connectivity index (χ3n) is 3.59. The molecule has 0 N–H and O–H groups in total. The Bertz CT molecular complexity index is 658. The zero-order valence-electron chi connectivity index (χ0n) is 13.6. The van der Waals surface area contributed by atoms with Crippen LogP contribution < -0.4 is 0 Å². The van der Waals surface area contributed by atoms with Gasteiger partial charge in [-0.15, -0.1) is 0 Å². The number of pyridine rings is 1. The summed E-state index contributed by atoms with van der Waals surface area (Å²) in [6, 6.07) is 5.74. The quantitative estimate of drug-likeness (QED) is 0.636. The summed E-state index contributed by atoms with van der Waals surface area (Å²) < 4.78 is 14.3. The van der Waals surface area contributed by atoms with Crippen molar-refractivity contribution in [1.82, 2.24) is 4.98 Å². The van der Waals surface area contributed by atoms with Crippen LogP contribution in [0.1, 0.15) is 58.4 Å². The molecule has 0 fully saturated rings. The van der Waals surface area contributed by atoms with Crippen LogP contribution in [0.4, 0.5) is 4.39 Å². The average molecular weight is 273 g/mol. The predicted molar refractivity (Wildman–Crippen MR) is 83.8 cm³/mol. The summed E-state index contributed by atoms with van der Waals surface area (Å²) in [5.41, 5.74) is 3.40. The predicted octanol–water partition coefficient (Wildman–Crippen LogP) is 5.28. The highest BCUT2D eigenvalue weighted by Gasteiger charge is 2.24. The molecule has 0 aliphatic heterocycles. The Balaban J connectivity index is 2.93. The number of benzene rings is 1. The largest absolute Gasteiger partial charge is 0.249 e. The number of rotatable bonds is 0. The van der Waals surface area contributed by atoms with E-state index < -0.39 is 0 Å². The highest BCUT2D eigenvalue weighted by Crippen LogP contribution is 2.34. The minimum absolute atomic E-state index is 0.0403. The lowest BCUT2D eigenvalue weighted by Crippen LogP contribution is -2.19. The molecule has 0 unspecified atom stereocenters. The normalized spacial score (nSPS) is 13.0. The highest BCUT2D eigenvalue weighted by atomic mass is 19.1. The highest BCUT2D eigenvalue weighted by molar-refractivity contribution is 5.85. The molecule has 0 radical (unpaired) electrons. The van der Waals surface area contributed by atoms with E-state index in [1.807, 2.05) is 13.0 Å². The van der Waals surface area contributed by atoms with Gasteiger partial charge in [-0.2, -0.15) is 0 Å². The molecule has 0 saturated heterocycles. The molecule has 2 rings (SSSR count). The Hall–Kier alpha value is -1.44. The topological polar surface area (TPSA) is 12.9 Å². The van der Waals surface area contributed by atoms with Gasteiger partial charge in [0, 0.05) is 16.5 Å². The lowest BCUT2D eigenvalue weighted by Gasteiger charge is -2.26. The third kappa shape index (κ3) is 2.70. The molecule has 20 heavy (non-hydrogen) atoms. The number of hydrogen-bond acceptors (Lipinski definition) is 1. The van der Waals surface area contributed by atoms with Gasteiger partial charge in [-0.05, 0) is 41.7 Å². The van der Waals surface area contributed by atoms with E-state index in [1.165, 1.54) is 0 Å². The summed E-state index contributed by atoms with van der Waals surface area (Å²) in [4.78, 5) is 4.59. The van der Waals surface area contributed by atoms with Gasteiger partial charge >= 0.3 is 0 Å². The van der Waals surface area contributed by atoms with Gasteiger partial charge in [0.2, 0.25) is 0 Å². The Morgan fingerprint density at radius 2 is 1.50 bits per heavy atom. The molecule has 0 spiro atoms. The van der Waals surface area contributed by atoms with E-state index in [4.69, 9.17) is 0 Å². The van der Waals surface area contributed by atoms with Crippen LogP contribution in [0.2, 0.25) is 0 Å². The lowest BCUT2D eigenvalue weighted by atomic mass is 9.81. The van der Waals surface area contributed by atoms with Crippen molar-refractivity contribution in [3.63, 3.8) is 0 Å². The molecule has 2 heteroatoms. The maximum atomic E-state index is 14.3. The standard InChI is InChI=1S/C18H24FN/c1-11-8-12-13(17(2,3)4)10-15(18(5,6)7)20-16(12)14(19)9-11/h8-10H,1-7H3. The van der Waals surface area contributed by atoms with Crippen LogP contribution in [-0.2, 0) is 10.8 Å². The average Bonchev–Trinajstić information content (AvgIpc) is 2.24. The summed E-state index contributed by atoms with van der Waals surface area (Å²) >= 11 is 0. The molecule has 108 valence electrons. The molecule has 0 aliphatic carbocycles. The van der Waals surface area contributed by atoms with Gasteiger partial charge in [0.15, 0.2) is 0 Å². The molecule has 0 atom stereocenters. The third-order valence-corrected chi connectivity index (χ3v) is 3.59. The van der Waals surface area contributed by atoms with E-state index in [0.717, 1.165) is 22.2 Å². The zero-order valence-corrected chi connectivity index (χ0v) is 13.6. The maximum absolute atomic E-state index is 14.3. The van der Waals surface area contributed by atoms with Crippen molar-refractivity contribution < 1.29 is 4.39 Å². The smallest absolute Gasteiger partial charge is 0.149 e. The van der Waals surface area contributed by atoms with Crippen LogP contribution in [0, 0.1) is 12.7 Å². The first kappa shape index (κ1) is 15.0. The lowest BCUT2D eigenvalue weighted by molar-refractivity contribution is 0.555. The fourth-order valence-corrected chi connectivity index (χ4v) is 2.43. The van der Waals surface area contributed by atoms with Crippen molar-refractivity contribution in [2.45, 2.75) is 59.3 Å². The summed E-state index contributed by atoms with van der Waals surface area (Å²) in [5.74, 6) is -0.225. The zero-order chi connectivity index (χ0) is 15.3. The maximum Gasteiger partial charge on any atom is 0.149 e. The second kappa shape index (κ2) is 4.54. The van der Waals surface area contributed by atoms with Crippen molar-refractivity contribution in [2.24, 2.45) is 0 Å². The molecular formula is C18H24FN. The summed E-state index contributed by atoms with van der Waals surface area (Å²) in [7, 11) is 0. The van der Waals surface area contributed by atoms with E-state index in [1.54, 1.807) is 6.07 Å². The van der Waals surface area contributed by atoms with E-state index in [-0.39, 0.29) is 16.6 Å².